The SMILES string of the molecule is CC(=O)N1CC[C@@H](NC(=O)c2ccc(Cl)cc2O)[C@H](O)C1. The Bertz CT molecular complexity index is 564. The van der Waals surface area contributed by atoms with Crippen molar-refractivity contribution in [1.82, 2.24) is 10.2 Å². The maximum atomic E-state index is 12.1. The van der Waals surface area contributed by atoms with Crippen LogP contribution in [0.2, 0.25) is 5.02 Å². The number of carbonyl (C=O) groups excluding carboxylic acids is 2. The normalized spacial score (nSPS) is 22.0. The summed E-state index contributed by atoms with van der Waals surface area (Å²) in [5.74, 6) is -0.797. The zero-order valence-electron chi connectivity index (χ0n) is 11.5. The molecule has 0 bridgehead atoms. The Hall–Kier alpha value is -1.79. The molecule has 1 heterocycles. The Morgan fingerprint density at radius 2 is 2.14 bits per heavy atom. The van der Waals surface area contributed by atoms with E-state index in [0.717, 1.165) is 0 Å². The summed E-state index contributed by atoms with van der Waals surface area (Å²) >= 11 is 5.71. The molecule has 21 heavy (non-hydrogen) atoms. The average molecular weight is 313 g/mol. The van der Waals surface area contributed by atoms with Gasteiger partial charge in [0.25, 0.3) is 5.91 Å². The van der Waals surface area contributed by atoms with Crippen molar-refractivity contribution in [3.05, 3.63) is 28.8 Å². The number of piperidine rings is 1. The Morgan fingerprint density at radius 3 is 2.71 bits per heavy atom. The minimum Gasteiger partial charge on any atom is -0.507 e. The molecule has 2 rings (SSSR count). The van der Waals surface area contributed by atoms with E-state index in [2.05, 4.69) is 5.32 Å². The quantitative estimate of drug-likeness (QED) is 0.752. The Labute approximate surface area is 127 Å². The first kappa shape index (κ1) is 15.6. The number of halogens is 1. The van der Waals surface area contributed by atoms with Crippen molar-refractivity contribution in [2.75, 3.05) is 13.1 Å². The molecule has 0 radical (unpaired) electrons. The van der Waals surface area contributed by atoms with Crippen molar-refractivity contribution < 1.29 is 19.8 Å². The minimum absolute atomic E-state index is 0.0978. The van der Waals surface area contributed by atoms with Gasteiger partial charge >= 0.3 is 0 Å². The van der Waals surface area contributed by atoms with Gasteiger partial charge in [0.15, 0.2) is 0 Å². The van der Waals surface area contributed by atoms with Crippen LogP contribution in [0.5, 0.6) is 5.75 Å². The summed E-state index contributed by atoms with van der Waals surface area (Å²) < 4.78 is 0. The van der Waals surface area contributed by atoms with Gasteiger partial charge in [0.1, 0.15) is 5.75 Å². The van der Waals surface area contributed by atoms with Gasteiger partial charge in [-0.15, -0.1) is 0 Å². The number of hydrogen-bond donors (Lipinski definition) is 3. The van der Waals surface area contributed by atoms with E-state index in [1.54, 1.807) is 0 Å². The van der Waals surface area contributed by atoms with Crippen LogP contribution in [0, 0.1) is 0 Å². The van der Waals surface area contributed by atoms with Crippen LogP contribution in [0.1, 0.15) is 23.7 Å². The number of phenolic OH excluding ortho intramolecular Hbond substituents is 1. The van der Waals surface area contributed by atoms with E-state index >= 15 is 0 Å². The maximum absolute atomic E-state index is 12.1. The van der Waals surface area contributed by atoms with Gasteiger partial charge < -0.3 is 20.4 Å². The summed E-state index contributed by atoms with van der Waals surface area (Å²) in [6, 6.07) is 3.75. The van der Waals surface area contributed by atoms with Crippen LogP contribution in [-0.2, 0) is 4.79 Å². The second-order valence-corrected chi connectivity index (χ2v) is 5.50. The summed E-state index contributed by atoms with van der Waals surface area (Å²) in [6.45, 7) is 2.11. The molecule has 3 N–H and O–H groups in total. The molecule has 114 valence electrons. The summed E-state index contributed by atoms with van der Waals surface area (Å²) in [6.07, 6.45) is -0.373. The van der Waals surface area contributed by atoms with Crippen LogP contribution in [0.25, 0.3) is 0 Å². The Balaban J connectivity index is 2.01. The number of nitrogens with zero attached hydrogens (tertiary/aromatic N) is 1. The fourth-order valence-electron chi connectivity index (χ4n) is 2.33. The van der Waals surface area contributed by atoms with Gasteiger partial charge in [-0.05, 0) is 24.6 Å². The molecule has 2 amide bonds. The van der Waals surface area contributed by atoms with Crippen LogP contribution in [0.4, 0.5) is 0 Å². The van der Waals surface area contributed by atoms with Gasteiger partial charge in [0, 0.05) is 25.0 Å². The van der Waals surface area contributed by atoms with E-state index in [1.807, 2.05) is 0 Å². The highest BCUT2D eigenvalue weighted by atomic mass is 35.5. The number of aromatic hydroxyl groups is 1. The van der Waals surface area contributed by atoms with Crippen LogP contribution in [0.3, 0.4) is 0 Å². The Kier molecular flexibility index (Phi) is 4.69. The second-order valence-electron chi connectivity index (χ2n) is 5.06. The number of amides is 2. The van der Waals surface area contributed by atoms with Crippen LogP contribution in [0.15, 0.2) is 18.2 Å². The molecule has 6 nitrogen and oxygen atoms in total. The largest absolute Gasteiger partial charge is 0.507 e. The van der Waals surface area contributed by atoms with E-state index in [1.165, 1.54) is 30.0 Å². The molecular weight excluding hydrogens is 296 g/mol. The molecule has 1 aliphatic heterocycles. The summed E-state index contributed by atoms with van der Waals surface area (Å²) in [4.78, 5) is 24.9. The molecule has 0 aromatic heterocycles. The molecule has 0 aliphatic carbocycles. The lowest BCUT2D eigenvalue weighted by Gasteiger charge is -2.35. The zero-order valence-corrected chi connectivity index (χ0v) is 12.3. The van der Waals surface area contributed by atoms with E-state index in [9.17, 15) is 19.8 Å². The van der Waals surface area contributed by atoms with E-state index in [0.29, 0.717) is 18.0 Å². The average Bonchev–Trinajstić information content (AvgIpc) is 2.40. The van der Waals surface area contributed by atoms with Crippen LogP contribution in [-0.4, -0.2) is 52.2 Å². The second kappa shape index (κ2) is 6.32. The van der Waals surface area contributed by atoms with Crippen molar-refractivity contribution in [3.63, 3.8) is 0 Å². The number of aliphatic hydroxyl groups excluding tert-OH is 1. The molecule has 1 aromatic carbocycles. The number of carbonyl (C=O) groups is 2. The van der Waals surface area contributed by atoms with Gasteiger partial charge in [-0.25, -0.2) is 0 Å². The Morgan fingerprint density at radius 1 is 1.43 bits per heavy atom. The zero-order chi connectivity index (χ0) is 15.6. The monoisotopic (exact) mass is 312 g/mol. The molecular formula is C14H17ClN2O4. The molecule has 1 aliphatic rings. The number of β-amino-alcohol motifs (C(OH)–C–C–N with tert-alkyl or cyclic N) is 1. The van der Waals surface area contributed by atoms with Gasteiger partial charge in [0.2, 0.25) is 5.91 Å². The topological polar surface area (TPSA) is 89.9 Å². The van der Waals surface area contributed by atoms with Crippen molar-refractivity contribution in [2.45, 2.75) is 25.5 Å². The molecule has 0 spiro atoms. The number of phenols is 1. The number of nitrogens with one attached hydrogen (secondary N) is 1. The van der Waals surface area contributed by atoms with E-state index < -0.39 is 18.1 Å². The fraction of sp³-hybridized carbons (Fsp3) is 0.429. The highest BCUT2D eigenvalue weighted by Gasteiger charge is 2.30. The van der Waals surface area contributed by atoms with Crippen LogP contribution >= 0.6 is 11.6 Å². The molecule has 0 saturated carbocycles. The molecule has 0 unspecified atom stereocenters. The molecule has 7 heteroatoms. The molecule has 1 saturated heterocycles. The van der Waals surface area contributed by atoms with Crippen molar-refractivity contribution in [1.29, 1.82) is 0 Å². The molecule has 2 atom stereocenters. The van der Waals surface area contributed by atoms with Crippen molar-refractivity contribution in [2.24, 2.45) is 0 Å². The minimum atomic E-state index is -0.832. The van der Waals surface area contributed by atoms with E-state index in [4.69, 9.17) is 11.6 Å². The summed E-state index contributed by atoms with van der Waals surface area (Å²) in [7, 11) is 0. The molecule has 1 aromatic rings. The number of hydrogen-bond acceptors (Lipinski definition) is 4. The van der Waals surface area contributed by atoms with Gasteiger partial charge in [-0.2, -0.15) is 0 Å². The first-order valence-electron chi connectivity index (χ1n) is 6.61. The number of aliphatic hydroxyl groups is 1. The lowest BCUT2D eigenvalue weighted by molar-refractivity contribution is -0.132. The standard InChI is InChI=1S/C14H17ClN2O4/c1-8(18)17-5-4-11(13(20)7-17)16-14(21)10-3-2-9(15)6-12(10)19/h2-3,6,11,13,19-20H,4-5,7H2,1H3,(H,16,21)/t11-,13-/m1/s1. The fourth-order valence-corrected chi connectivity index (χ4v) is 2.50. The van der Waals surface area contributed by atoms with Crippen LogP contribution < -0.4 is 5.32 Å². The lowest BCUT2D eigenvalue weighted by Crippen LogP contribution is -2.55. The van der Waals surface area contributed by atoms with Gasteiger partial charge in [0.05, 0.1) is 17.7 Å². The predicted molar refractivity (Wildman–Crippen MR) is 77.2 cm³/mol. The highest BCUT2D eigenvalue weighted by molar-refractivity contribution is 6.30. The summed E-state index contributed by atoms with van der Waals surface area (Å²) in [5.41, 5.74) is 0.0978. The number of likely N-dealkylation sites (tertiary alicyclic amines) is 1. The third kappa shape index (κ3) is 3.65. The summed E-state index contributed by atoms with van der Waals surface area (Å²) in [5, 5.41) is 22.7. The smallest absolute Gasteiger partial charge is 0.255 e. The first-order chi connectivity index (χ1) is 9.88. The van der Waals surface area contributed by atoms with E-state index in [-0.39, 0.29) is 23.8 Å². The predicted octanol–water partition coefficient (Wildman–Crippen LogP) is 0.757. The van der Waals surface area contributed by atoms with Gasteiger partial charge in [-0.3, -0.25) is 9.59 Å². The highest BCUT2D eigenvalue weighted by Crippen LogP contribution is 2.22. The lowest BCUT2D eigenvalue weighted by atomic mass is 10.0. The number of benzene rings is 1. The third-order valence-electron chi connectivity index (χ3n) is 3.55. The third-order valence-corrected chi connectivity index (χ3v) is 3.78. The number of rotatable bonds is 2. The van der Waals surface area contributed by atoms with Gasteiger partial charge in [-0.1, -0.05) is 11.6 Å². The maximum Gasteiger partial charge on any atom is 0.255 e. The van der Waals surface area contributed by atoms with Crippen molar-refractivity contribution >= 4 is 23.4 Å². The first-order valence-corrected chi connectivity index (χ1v) is 6.99. The van der Waals surface area contributed by atoms with Crippen molar-refractivity contribution in [3.8, 4) is 5.75 Å². The molecule has 1 fully saturated rings.